The van der Waals surface area contributed by atoms with E-state index >= 15 is 0 Å². The number of nitrogens with two attached hydrogens (primary N) is 1. The van der Waals surface area contributed by atoms with Crippen molar-refractivity contribution in [2.24, 2.45) is 34.3 Å². The molecule has 0 radical (unpaired) electrons. The van der Waals surface area contributed by atoms with Crippen LogP contribution in [-0.2, 0) is 0 Å². The van der Waals surface area contributed by atoms with Crippen LogP contribution < -0.4 is 5.73 Å². The van der Waals surface area contributed by atoms with Crippen LogP contribution in [0.25, 0.3) is 0 Å². The maximum Gasteiger partial charge on any atom is 0.0577 e. The molecule has 4 aliphatic carbocycles. The molecule has 154 valence electrons. The summed E-state index contributed by atoms with van der Waals surface area (Å²) in [5.41, 5.74) is 9.37. The van der Waals surface area contributed by atoms with Crippen LogP contribution in [-0.4, -0.2) is 28.0 Å². The molecule has 4 aliphatic rings. The minimum atomic E-state index is -0.171. The highest BCUT2D eigenvalue weighted by molar-refractivity contribution is 5.30. The fourth-order valence-corrected chi connectivity index (χ4v) is 8.10. The monoisotopic (exact) mass is 375 g/mol. The average Bonchev–Trinajstić information content (AvgIpc) is 2.93. The molecule has 0 saturated heterocycles. The van der Waals surface area contributed by atoms with Gasteiger partial charge < -0.3 is 15.9 Å². The summed E-state index contributed by atoms with van der Waals surface area (Å²) in [4.78, 5) is 0. The molecule has 3 fully saturated rings. The third kappa shape index (κ3) is 3.04. The van der Waals surface area contributed by atoms with Crippen LogP contribution in [0.15, 0.2) is 11.6 Å². The Labute approximate surface area is 165 Å². The average molecular weight is 376 g/mol. The van der Waals surface area contributed by atoms with Gasteiger partial charge in [0.2, 0.25) is 0 Å². The van der Waals surface area contributed by atoms with E-state index in [2.05, 4.69) is 19.9 Å². The molecular formula is C24H41NO2. The van der Waals surface area contributed by atoms with E-state index in [1.807, 2.05) is 6.92 Å². The quantitative estimate of drug-likeness (QED) is 0.631. The molecule has 0 aliphatic heterocycles. The fraction of sp³-hybridized carbons (Fsp3) is 0.917. The summed E-state index contributed by atoms with van der Waals surface area (Å²) in [7, 11) is 0. The first-order valence-electron chi connectivity index (χ1n) is 11.5. The summed E-state index contributed by atoms with van der Waals surface area (Å²) in [6, 6.07) is 0. The van der Waals surface area contributed by atoms with E-state index in [0.717, 1.165) is 44.4 Å². The minimum Gasteiger partial charge on any atom is -0.393 e. The van der Waals surface area contributed by atoms with Crippen LogP contribution in [0, 0.1) is 28.6 Å². The largest absolute Gasteiger partial charge is 0.393 e. The number of rotatable bonds is 4. The minimum absolute atomic E-state index is 0.0629. The Bertz CT molecular complexity index is 601. The maximum absolute atomic E-state index is 10.2. The van der Waals surface area contributed by atoms with Crippen molar-refractivity contribution in [3.63, 3.8) is 0 Å². The van der Waals surface area contributed by atoms with Crippen molar-refractivity contribution in [3.05, 3.63) is 11.6 Å². The molecule has 0 spiro atoms. The van der Waals surface area contributed by atoms with E-state index in [1.54, 1.807) is 0 Å². The predicted octanol–water partition coefficient (Wildman–Crippen LogP) is 4.56. The fourth-order valence-electron chi connectivity index (χ4n) is 8.10. The van der Waals surface area contributed by atoms with Gasteiger partial charge in [-0.05, 0) is 99.7 Å². The van der Waals surface area contributed by atoms with Crippen LogP contribution >= 0.6 is 0 Å². The Morgan fingerprint density at radius 1 is 1.15 bits per heavy atom. The number of aliphatic hydroxyl groups is 2. The van der Waals surface area contributed by atoms with Gasteiger partial charge in [0.05, 0.1) is 12.2 Å². The molecule has 3 nitrogen and oxygen atoms in total. The first-order chi connectivity index (χ1) is 12.7. The molecule has 4 rings (SSSR count). The van der Waals surface area contributed by atoms with Crippen molar-refractivity contribution >= 4 is 0 Å². The van der Waals surface area contributed by atoms with E-state index in [1.165, 1.54) is 37.7 Å². The van der Waals surface area contributed by atoms with Gasteiger partial charge in [0.25, 0.3) is 0 Å². The maximum atomic E-state index is 10.2. The van der Waals surface area contributed by atoms with Gasteiger partial charge in [0.1, 0.15) is 0 Å². The summed E-state index contributed by atoms with van der Waals surface area (Å²) in [6.07, 6.45) is 14.5. The second-order valence-corrected chi connectivity index (χ2v) is 11.1. The van der Waals surface area contributed by atoms with Crippen molar-refractivity contribution in [1.29, 1.82) is 0 Å². The van der Waals surface area contributed by atoms with Crippen molar-refractivity contribution in [3.8, 4) is 0 Å². The van der Waals surface area contributed by atoms with Crippen molar-refractivity contribution in [2.45, 2.75) is 109 Å². The second kappa shape index (κ2) is 6.85. The smallest absolute Gasteiger partial charge is 0.0577 e. The SMILES string of the molecule is CC(O)CCCC1CCC2C1(C)CCC1C3(C)CCC(O)CC3=CCC12N. The molecule has 4 N–H and O–H groups in total. The molecule has 0 heterocycles. The Morgan fingerprint density at radius 2 is 1.93 bits per heavy atom. The normalized spacial score (nSPS) is 50.4. The number of hydrogen-bond donors (Lipinski definition) is 3. The molecule has 27 heavy (non-hydrogen) atoms. The molecule has 0 aromatic heterocycles. The summed E-state index contributed by atoms with van der Waals surface area (Å²) < 4.78 is 0. The van der Waals surface area contributed by atoms with Crippen molar-refractivity contribution < 1.29 is 10.2 Å². The topological polar surface area (TPSA) is 66.5 Å². The molecule has 0 aromatic carbocycles. The standard InChI is InChI=1S/C24H41NO2/c1-16(26)5-4-6-17-7-8-20-22(17,2)13-11-21-23(3)12-10-19(27)15-18(23)9-14-24(20,21)25/h9,16-17,19-21,26-27H,4-8,10-15,25H2,1-3H3. The Balaban J connectivity index is 1.57. The van der Waals surface area contributed by atoms with E-state index in [-0.39, 0.29) is 23.2 Å². The summed E-state index contributed by atoms with van der Waals surface area (Å²) in [6.45, 7) is 6.90. The van der Waals surface area contributed by atoms with Crippen molar-refractivity contribution in [2.75, 3.05) is 0 Å². The van der Waals surface area contributed by atoms with Crippen LogP contribution in [0.1, 0.15) is 91.4 Å². The molecule has 8 atom stereocenters. The van der Waals surface area contributed by atoms with Gasteiger partial charge in [-0.3, -0.25) is 0 Å². The molecule has 3 saturated carbocycles. The molecule has 0 amide bonds. The lowest BCUT2D eigenvalue weighted by atomic mass is 9.44. The van der Waals surface area contributed by atoms with E-state index in [0.29, 0.717) is 17.3 Å². The van der Waals surface area contributed by atoms with Crippen LogP contribution in [0.2, 0.25) is 0 Å². The Kier molecular flexibility index (Phi) is 5.05. The molecular weight excluding hydrogens is 334 g/mol. The molecule has 3 heteroatoms. The van der Waals surface area contributed by atoms with Crippen molar-refractivity contribution in [1.82, 2.24) is 0 Å². The second-order valence-electron chi connectivity index (χ2n) is 11.1. The zero-order chi connectivity index (χ0) is 19.4. The van der Waals surface area contributed by atoms with Crippen LogP contribution in [0.5, 0.6) is 0 Å². The lowest BCUT2D eigenvalue weighted by Crippen LogP contribution is -2.66. The molecule has 0 bridgehead atoms. The van der Waals surface area contributed by atoms with Crippen LogP contribution in [0.4, 0.5) is 0 Å². The zero-order valence-corrected chi connectivity index (χ0v) is 17.7. The summed E-state index contributed by atoms with van der Waals surface area (Å²) in [5.74, 6) is 1.97. The van der Waals surface area contributed by atoms with Gasteiger partial charge in [-0.25, -0.2) is 0 Å². The van der Waals surface area contributed by atoms with Gasteiger partial charge in [0.15, 0.2) is 0 Å². The lowest BCUT2D eigenvalue weighted by Gasteiger charge is -2.63. The molecule has 8 unspecified atom stereocenters. The summed E-state index contributed by atoms with van der Waals surface area (Å²) >= 11 is 0. The number of aliphatic hydroxyl groups excluding tert-OH is 2. The molecule has 0 aromatic rings. The van der Waals surface area contributed by atoms with E-state index < -0.39 is 0 Å². The first kappa shape index (κ1) is 19.9. The highest BCUT2D eigenvalue weighted by atomic mass is 16.3. The van der Waals surface area contributed by atoms with Gasteiger partial charge in [-0.2, -0.15) is 0 Å². The predicted molar refractivity (Wildman–Crippen MR) is 110 cm³/mol. The number of fused-ring (bicyclic) bond motifs is 5. The highest BCUT2D eigenvalue weighted by Gasteiger charge is 2.63. The lowest BCUT2D eigenvalue weighted by molar-refractivity contribution is -0.0684. The Morgan fingerprint density at radius 3 is 2.67 bits per heavy atom. The Hall–Kier alpha value is -0.380. The van der Waals surface area contributed by atoms with Gasteiger partial charge in [-0.15, -0.1) is 0 Å². The number of hydrogen-bond acceptors (Lipinski definition) is 3. The van der Waals surface area contributed by atoms with Gasteiger partial charge >= 0.3 is 0 Å². The van der Waals surface area contributed by atoms with Gasteiger partial charge in [-0.1, -0.05) is 31.9 Å². The van der Waals surface area contributed by atoms with E-state index in [9.17, 15) is 10.2 Å². The van der Waals surface area contributed by atoms with E-state index in [4.69, 9.17) is 5.73 Å². The third-order valence-electron chi connectivity index (χ3n) is 9.63. The third-order valence-corrected chi connectivity index (χ3v) is 9.63. The highest BCUT2D eigenvalue weighted by Crippen LogP contribution is 2.67. The summed E-state index contributed by atoms with van der Waals surface area (Å²) in [5, 5.41) is 19.8. The zero-order valence-electron chi connectivity index (χ0n) is 17.7. The van der Waals surface area contributed by atoms with Gasteiger partial charge in [0, 0.05) is 5.54 Å². The first-order valence-corrected chi connectivity index (χ1v) is 11.5. The van der Waals surface area contributed by atoms with Crippen LogP contribution in [0.3, 0.4) is 0 Å².